The first-order chi connectivity index (χ1) is 6.11. The van der Waals surface area contributed by atoms with Crippen LogP contribution in [0.25, 0.3) is 0 Å². The number of rotatable bonds is 3. The summed E-state index contributed by atoms with van der Waals surface area (Å²) in [6.45, 7) is 2.50. The Bertz CT molecular complexity index is 215. The molecule has 4 nitrogen and oxygen atoms in total. The van der Waals surface area contributed by atoms with E-state index in [9.17, 15) is 9.59 Å². The molecule has 0 aliphatic carbocycles. The Morgan fingerprint density at radius 3 is 2.85 bits per heavy atom. The highest BCUT2D eigenvalue weighted by Gasteiger charge is 2.24. The lowest BCUT2D eigenvalue weighted by Crippen LogP contribution is -2.42. The van der Waals surface area contributed by atoms with E-state index in [1.165, 1.54) is 0 Å². The Hall–Kier alpha value is -1.06. The predicted molar refractivity (Wildman–Crippen MR) is 47.3 cm³/mol. The molecule has 4 heteroatoms. The Labute approximate surface area is 77.5 Å². The van der Waals surface area contributed by atoms with Gasteiger partial charge in [-0.1, -0.05) is 0 Å². The molecule has 1 heterocycles. The van der Waals surface area contributed by atoms with Crippen molar-refractivity contribution in [3.05, 3.63) is 0 Å². The van der Waals surface area contributed by atoms with Crippen LogP contribution >= 0.6 is 0 Å². The highest BCUT2D eigenvalue weighted by Crippen LogP contribution is 2.15. The van der Waals surface area contributed by atoms with Gasteiger partial charge in [-0.15, -0.1) is 0 Å². The third kappa shape index (κ3) is 2.72. The zero-order valence-electron chi connectivity index (χ0n) is 7.82. The van der Waals surface area contributed by atoms with Crippen molar-refractivity contribution in [3.8, 4) is 0 Å². The van der Waals surface area contributed by atoms with Gasteiger partial charge in [0.15, 0.2) is 0 Å². The number of carbonyl (C=O) groups is 2. The molecule has 1 amide bonds. The molecule has 1 N–H and O–H groups in total. The number of hydrogen-bond acceptors (Lipinski definition) is 2. The van der Waals surface area contributed by atoms with Gasteiger partial charge in [0.2, 0.25) is 5.91 Å². The van der Waals surface area contributed by atoms with E-state index in [1.807, 2.05) is 0 Å². The van der Waals surface area contributed by atoms with Gasteiger partial charge in [0.1, 0.15) is 0 Å². The van der Waals surface area contributed by atoms with E-state index in [4.69, 9.17) is 5.11 Å². The second-order valence-electron chi connectivity index (χ2n) is 3.49. The third-order valence-corrected chi connectivity index (χ3v) is 2.36. The molecule has 1 rings (SSSR count). The standard InChI is InChI=1S/C9H15NO3/c1-7(6-9(12)13)10-5-3-2-4-8(10)11/h7H,2-6H2,1H3,(H,12,13). The lowest BCUT2D eigenvalue weighted by molar-refractivity contribution is -0.141. The summed E-state index contributed by atoms with van der Waals surface area (Å²) in [7, 11) is 0. The van der Waals surface area contributed by atoms with Crippen LogP contribution in [0.3, 0.4) is 0 Å². The van der Waals surface area contributed by atoms with Crippen LogP contribution in [0.1, 0.15) is 32.6 Å². The normalized spacial score (nSPS) is 20.1. The summed E-state index contributed by atoms with van der Waals surface area (Å²) in [5.74, 6) is -0.745. The number of carbonyl (C=O) groups excluding carboxylic acids is 1. The number of amides is 1. The number of aliphatic carboxylic acids is 1. The molecule has 0 aromatic rings. The maximum absolute atomic E-state index is 11.4. The maximum atomic E-state index is 11.4. The average Bonchev–Trinajstić information content (AvgIpc) is 2.03. The molecule has 13 heavy (non-hydrogen) atoms. The molecule has 0 bridgehead atoms. The van der Waals surface area contributed by atoms with Crippen molar-refractivity contribution in [3.63, 3.8) is 0 Å². The van der Waals surface area contributed by atoms with E-state index in [0.717, 1.165) is 12.8 Å². The molecule has 0 aromatic heterocycles. The Kier molecular flexibility index (Phi) is 3.28. The topological polar surface area (TPSA) is 57.6 Å². The molecule has 1 saturated heterocycles. The molecule has 0 saturated carbocycles. The first-order valence-electron chi connectivity index (χ1n) is 4.62. The minimum Gasteiger partial charge on any atom is -0.481 e. The Morgan fingerprint density at radius 1 is 1.62 bits per heavy atom. The highest BCUT2D eigenvalue weighted by atomic mass is 16.4. The molecule has 1 unspecified atom stereocenters. The molecule has 1 aliphatic rings. The van der Waals surface area contributed by atoms with Gasteiger partial charge in [-0.3, -0.25) is 9.59 Å². The summed E-state index contributed by atoms with van der Waals surface area (Å²) in [4.78, 5) is 23.4. The van der Waals surface area contributed by atoms with Crippen molar-refractivity contribution in [2.24, 2.45) is 0 Å². The summed E-state index contributed by atoms with van der Waals surface area (Å²) < 4.78 is 0. The second-order valence-corrected chi connectivity index (χ2v) is 3.49. The lowest BCUT2D eigenvalue weighted by Gasteiger charge is -2.31. The van der Waals surface area contributed by atoms with Crippen LogP contribution in [0, 0.1) is 0 Å². The smallest absolute Gasteiger partial charge is 0.305 e. The van der Waals surface area contributed by atoms with Crippen molar-refractivity contribution in [2.75, 3.05) is 6.54 Å². The summed E-state index contributed by atoms with van der Waals surface area (Å²) >= 11 is 0. The van der Waals surface area contributed by atoms with Crippen molar-refractivity contribution >= 4 is 11.9 Å². The van der Waals surface area contributed by atoms with Crippen molar-refractivity contribution in [1.29, 1.82) is 0 Å². The fourth-order valence-corrected chi connectivity index (χ4v) is 1.66. The second kappa shape index (κ2) is 4.25. The minimum atomic E-state index is -0.842. The quantitative estimate of drug-likeness (QED) is 0.709. The van der Waals surface area contributed by atoms with E-state index in [0.29, 0.717) is 13.0 Å². The fourth-order valence-electron chi connectivity index (χ4n) is 1.66. The first-order valence-corrected chi connectivity index (χ1v) is 4.62. The Balaban J connectivity index is 2.48. The van der Waals surface area contributed by atoms with Crippen LogP contribution in [-0.2, 0) is 9.59 Å². The van der Waals surface area contributed by atoms with Crippen LogP contribution in [0.4, 0.5) is 0 Å². The zero-order chi connectivity index (χ0) is 9.84. The van der Waals surface area contributed by atoms with Crippen LogP contribution in [0.2, 0.25) is 0 Å². The van der Waals surface area contributed by atoms with Gasteiger partial charge in [0, 0.05) is 19.0 Å². The molecule has 74 valence electrons. The molecular weight excluding hydrogens is 170 g/mol. The SMILES string of the molecule is CC(CC(=O)O)N1CCCCC1=O. The van der Waals surface area contributed by atoms with E-state index in [-0.39, 0.29) is 18.4 Å². The number of likely N-dealkylation sites (tertiary alicyclic amines) is 1. The molecule has 0 aromatic carbocycles. The minimum absolute atomic E-state index is 0.0474. The van der Waals surface area contributed by atoms with E-state index >= 15 is 0 Å². The van der Waals surface area contributed by atoms with Gasteiger partial charge in [-0.2, -0.15) is 0 Å². The third-order valence-electron chi connectivity index (χ3n) is 2.36. The largest absolute Gasteiger partial charge is 0.481 e. The van der Waals surface area contributed by atoms with E-state index in [2.05, 4.69) is 0 Å². The summed E-state index contributed by atoms with van der Waals surface area (Å²) in [6.07, 6.45) is 2.56. The molecule has 0 radical (unpaired) electrons. The van der Waals surface area contributed by atoms with Gasteiger partial charge in [0.25, 0.3) is 0 Å². The predicted octanol–water partition coefficient (Wildman–Crippen LogP) is 0.862. The summed E-state index contributed by atoms with van der Waals surface area (Å²) in [5, 5.41) is 8.56. The molecule has 1 atom stereocenters. The number of nitrogens with zero attached hydrogens (tertiary/aromatic N) is 1. The van der Waals surface area contributed by atoms with Crippen LogP contribution < -0.4 is 0 Å². The van der Waals surface area contributed by atoms with Crippen LogP contribution in [-0.4, -0.2) is 34.5 Å². The van der Waals surface area contributed by atoms with Gasteiger partial charge in [-0.05, 0) is 19.8 Å². The highest BCUT2D eigenvalue weighted by molar-refractivity contribution is 5.78. The molecule has 1 fully saturated rings. The van der Waals surface area contributed by atoms with Gasteiger partial charge in [0.05, 0.1) is 6.42 Å². The van der Waals surface area contributed by atoms with Crippen LogP contribution in [0.15, 0.2) is 0 Å². The molecule has 1 aliphatic heterocycles. The number of carboxylic acid groups (broad SMARTS) is 1. The zero-order valence-corrected chi connectivity index (χ0v) is 7.82. The van der Waals surface area contributed by atoms with E-state index < -0.39 is 5.97 Å². The summed E-state index contributed by atoms with van der Waals surface area (Å²) in [5.41, 5.74) is 0. The maximum Gasteiger partial charge on any atom is 0.305 e. The summed E-state index contributed by atoms with van der Waals surface area (Å²) in [6, 6.07) is -0.162. The van der Waals surface area contributed by atoms with Crippen molar-refractivity contribution in [2.45, 2.75) is 38.6 Å². The van der Waals surface area contributed by atoms with Crippen molar-refractivity contribution in [1.82, 2.24) is 4.90 Å². The monoisotopic (exact) mass is 185 g/mol. The molecular formula is C9H15NO3. The number of piperidine rings is 1. The van der Waals surface area contributed by atoms with E-state index in [1.54, 1.807) is 11.8 Å². The van der Waals surface area contributed by atoms with Gasteiger partial charge in [-0.25, -0.2) is 0 Å². The van der Waals surface area contributed by atoms with Crippen molar-refractivity contribution < 1.29 is 14.7 Å². The first kappa shape index (κ1) is 10.0. The van der Waals surface area contributed by atoms with Crippen LogP contribution in [0.5, 0.6) is 0 Å². The Morgan fingerprint density at radius 2 is 2.31 bits per heavy atom. The number of hydrogen-bond donors (Lipinski definition) is 1. The van der Waals surface area contributed by atoms with Gasteiger partial charge >= 0.3 is 5.97 Å². The fraction of sp³-hybridized carbons (Fsp3) is 0.778. The molecule has 0 spiro atoms. The van der Waals surface area contributed by atoms with Gasteiger partial charge < -0.3 is 10.0 Å². The lowest BCUT2D eigenvalue weighted by atomic mass is 10.1. The average molecular weight is 185 g/mol. The number of carboxylic acids is 1.